The second-order valence-electron chi connectivity index (χ2n) is 13.7. The Balaban J connectivity index is 1.32. The van der Waals surface area contributed by atoms with Crippen molar-refractivity contribution in [3.8, 4) is 6.07 Å². The maximum Gasteiger partial charge on any atom is 0.251 e. The van der Waals surface area contributed by atoms with Gasteiger partial charge in [-0.1, -0.05) is 18.6 Å². The average Bonchev–Trinajstić information content (AvgIpc) is 3.45. The number of carbonyl (C=O) groups excluding carboxylic acids is 3. The lowest BCUT2D eigenvalue weighted by molar-refractivity contribution is -0.131. The number of piperidine rings is 1. The monoisotopic (exact) mass is 649 g/mol. The highest BCUT2D eigenvalue weighted by atomic mass is 16.2. The SMILES string of the molecule is CCNC(=O)c1ccc2c(c1)CCc1cc(C(=O)NCC)ccc1C2(C[C@@H](NCC(=O)N1C(C#N)C[C@@H]2C[C@@H]21)C1CCC1)c1nnn[nH]1. The molecular weight excluding hydrogens is 606 g/mol. The second-order valence-corrected chi connectivity index (χ2v) is 13.7. The van der Waals surface area contributed by atoms with Crippen molar-refractivity contribution in [1.82, 2.24) is 41.5 Å². The van der Waals surface area contributed by atoms with Crippen LogP contribution in [0.1, 0.15) is 101 Å². The fraction of sp³-hybridized carbons (Fsp3) is 0.528. The van der Waals surface area contributed by atoms with Crippen LogP contribution in [0.15, 0.2) is 36.4 Å². The van der Waals surface area contributed by atoms with Crippen molar-refractivity contribution in [1.29, 1.82) is 5.26 Å². The minimum atomic E-state index is -0.870. The van der Waals surface area contributed by atoms with Crippen molar-refractivity contribution in [2.24, 2.45) is 11.8 Å². The fourth-order valence-corrected chi connectivity index (χ4v) is 8.39. The Kier molecular flexibility index (Phi) is 8.73. The van der Waals surface area contributed by atoms with E-state index >= 15 is 0 Å². The number of amides is 3. The van der Waals surface area contributed by atoms with Gasteiger partial charge in [0.05, 0.1) is 18.0 Å². The van der Waals surface area contributed by atoms with Crippen molar-refractivity contribution in [3.63, 3.8) is 0 Å². The standard InChI is InChI=1S/C36H43N9O3/c1-3-38-33(47)24-10-12-28-22(14-24)8-9-23-15-25(34(48)39-4-2)11-13-29(23)36(28,35-41-43-44-42-35)18-30(21-6-5-7-21)40-20-32(46)45-27(19-37)16-26-17-31(26)45/h10-15,21,26-27,30-31,40H,3-9,16-18,20H2,1-2H3,(H,38,47)(H,39,48)(H,41,42,43,44)/t26-,27?,30-,31+/m1/s1. The van der Waals surface area contributed by atoms with Gasteiger partial charge in [0.15, 0.2) is 5.82 Å². The Morgan fingerprint density at radius 3 is 2.17 bits per heavy atom. The molecule has 1 saturated heterocycles. The number of rotatable bonds is 11. The number of aromatic nitrogens is 4. The number of fused-ring (bicyclic) bond motifs is 3. The van der Waals surface area contributed by atoms with Crippen LogP contribution in [0, 0.1) is 23.2 Å². The van der Waals surface area contributed by atoms with Gasteiger partial charge in [0.2, 0.25) is 5.91 Å². The van der Waals surface area contributed by atoms with Gasteiger partial charge >= 0.3 is 0 Å². The number of hydrogen-bond donors (Lipinski definition) is 4. The van der Waals surface area contributed by atoms with Gasteiger partial charge in [-0.15, -0.1) is 5.10 Å². The summed E-state index contributed by atoms with van der Waals surface area (Å²) in [6, 6.07) is 13.9. The van der Waals surface area contributed by atoms with E-state index in [4.69, 9.17) is 0 Å². The Labute approximate surface area is 280 Å². The highest BCUT2D eigenvalue weighted by molar-refractivity contribution is 5.95. The van der Waals surface area contributed by atoms with Gasteiger partial charge in [-0.25, -0.2) is 5.10 Å². The summed E-state index contributed by atoms with van der Waals surface area (Å²) in [6.45, 7) is 5.01. The summed E-state index contributed by atoms with van der Waals surface area (Å²) < 4.78 is 0. The molecule has 250 valence electrons. The first-order chi connectivity index (χ1) is 23.4. The van der Waals surface area contributed by atoms with Crippen LogP contribution in [-0.4, -0.2) is 81.0 Å². The molecule has 12 nitrogen and oxygen atoms in total. The van der Waals surface area contributed by atoms with E-state index in [1.807, 2.05) is 55.1 Å². The van der Waals surface area contributed by atoms with Crippen LogP contribution in [-0.2, 0) is 23.1 Å². The van der Waals surface area contributed by atoms with Crippen molar-refractivity contribution in [2.75, 3.05) is 19.6 Å². The third-order valence-corrected chi connectivity index (χ3v) is 11.0. The molecule has 3 aliphatic carbocycles. The number of likely N-dealkylation sites (tertiary alicyclic amines) is 1. The lowest BCUT2D eigenvalue weighted by Crippen LogP contribution is -2.50. The number of hydrogen-bond acceptors (Lipinski definition) is 8. The normalized spacial score (nSPS) is 22.6. The van der Waals surface area contributed by atoms with Crippen molar-refractivity contribution in [3.05, 3.63) is 75.6 Å². The minimum absolute atomic E-state index is 0.0221. The predicted molar refractivity (Wildman–Crippen MR) is 177 cm³/mol. The van der Waals surface area contributed by atoms with Gasteiger partial charge in [0, 0.05) is 36.3 Å². The molecule has 1 aromatic heterocycles. The molecule has 2 aromatic carbocycles. The van der Waals surface area contributed by atoms with Gasteiger partial charge in [-0.2, -0.15) is 5.26 Å². The molecule has 48 heavy (non-hydrogen) atoms. The van der Waals surface area contributed by atoms with Crippen molar-refractivity contribution in [2.45, 2.75) is 88.8 Å². The van der Waals surface area contributed by atoms with Gasteiger partial charge in [0.1, 0.15) is 6.04 Å². The number of benzene rings is 2. The highest BCUT2D eigenvalue weighted by Crippen LogP contribution is 2.50. The van der Waals surface area contributed by atoms with E-state index in [0.29, 0.717) is 61.1 Å². The van der Waals surface area contributed by atoms with E-state index in [2.05, 4.69) is 42.6 Å². The second kappa shape index (κ2) is 13.1. The van der Waals surface area contributed by atoms with Crippen LogP contribution >= 0.6 is 0 Å². The number of tetrazole rings is 1. The maximum absolute atomic E-state index is 13.6. The molecule has 7 rings (SSSR count). The third-order valence-electron chi connectivity index (χ3n) is 11.0. The third kappa shape index (κ3) is 5.64. The molecule has 12 heteroatoms. The van der Waals surface area contributed by atoms with Crippen molar-refractivity contribution < 1.29 is 14.4 Å². The summed E-state index contributed by atoms with van der Waals surface area (Å²) in [5.41, 5.74) is 4.34. The Hall–Kier alpha value is -4.63. The van der Waals surface area contributed by atoms with E-state index in [1.165, 1.54) is 0 Å². The first kappa shape index (κ1) is 31.9. The molecule has 4 aliphatic rings. The molecule has 2 heterocycles. The number of nitriles is 1. The summed E-state index contributed by atoms with van der Waals surface area (Å²) in [6.07, 6.45) is 6.83. The molecule has 3 fully saturated rings. The first-order valence-corrected chi connectivity index (χ1v) is 17.4. The van der Waals surface area contributed by atoms with Crippen LogP contribution in [0.5, 0.6) is 0 Å². The van der Waals surface area contributed by atoms with E-state index in [-0.39, 0.29) is 42.4 Å². The number of carbonyl (C=O) groups is 3. The Bertz CT molecular complexity index is 1680. The molecule has 1 aliphatic heterocycles. The summed E-state index contributed by atoms with van der Waals surface area (Å²) in [5.74, 6) is 1.09. The molecule has 2 saturated carbocycles. The fourth-order valence-electron chi connectivity index (χ4n) is 8.39. The lowest BCUT2D eigenvalue weighted by Gasteiger charge is -2.42. The van der Waals surface area contributed by atoms with Crippen LogP contribution in [0.3, 0.4) is 0 Å². The molecular formula is C36H43N9O3. The molecule has 0 bridgehead atoms. The smallest absolute Gasteiger partial charge is 0.251 e. The summed E-state index contributed by atoms with van der Waals surface area (Å²) in [4.78, 5) is 41.4. The summed E-state index contributed by atoms with van der Waals surface area (Å²) in [5, 5.41) is 35.0. The van der Waals surface area contributed by atoms with Crippen molar-refractivity contribution >= 4 is 17.7 Å². The summed E-state index contributed by atoms with van der Waals surface area (Å²) in [7, 11) is 0. The minimum Gasteiger partial charge on any atom is -0.352 e. The number of aromatic amines is 1. The molecule has 0 radical (unpaired) electrons. The lowest BCUT2D eigenvalue weighted by atomic mass is 9.64. The van der Waals surface area contributed by atoms with E-state index in [9.17, 15) is 19.6 Å². The topological polar surface area (TPSA) is 169 Å². The number of H-pyrrole nitrogens is 1. The number of aryl methyl sites for hydroxylation is 2. The van der Waals surface area contributed by atoms with E-state index in [0.717, 1.165) is 54.4 Å². The zero-order valence-electron chi connectivity index (χ0n) is 27.6. The van der Waals surface area contributed by atoms with Gasteiger partial charge < -0.3 is 20.9 Å². The number of nitrogens with zero attached hydrogens (tertiary/aromatic N) is 5. The number of nitrogens with one attached hydrogen (secondary N) is 4. The zero-order valence-corrected chi connectivity index (χ0v) is 27.6. The van der Waals surface area contributed by atoms with Crippen LogP contribution in [0.2, 0.25) is 0 Å². The molecule has 3 amide bonds. The van der Waals surface area contributed by atoms with E-state index in [1.54, 1.807) is 0 Å². The zero-order chi connectivity index (χ0) is 33.4. The molecule has 1 unspecified atom stereocenters. The maximum atomic E-state index is 13.6. The van der Waals surface area contributed by atoms with Gasteiger partial charge in [-0.3, -0.25) is 14.4 Å². The van der Waals surface area contributed by atoms with Gasteiger partial charge in [0.25, 0.3) is 11.8 Å². The highest BCUT2D eigenvalue weighted by Gasteiger charge is 2.54. The predicted octanol–water partition coefficient (Wildman–Crippen LogP) is 2.79. The van der Waals surface area contributed by atoms with Crippen LogP contribution in [0.4, 0.5) is 0 Å². The largest absolute Gasteiger partial charge is 0.352 e. The molecule has 0 spiro atoms. The quantitative estimate of drug-likeness (QED) is 0.246. The molecule has 4 atom stereocenters. The van der Waals surface area contributed by atoms with Gasteiger partial charge in [-0.05, 0) is 128 Å². The molecule has 3 aromatic rings. The average molecular weight is 650 g/mol. The Morgan fingerprint density at radius 2 is 1.65 bits per heavy atom. The first-order valence-electron chi connectivity index (χ1n) is 17.4. The van der Waals surface area contributed by atoms with Crippen LogP contribution < -0.4 is 16.0 Å². The van der Waals surface area contributed by atoms with E-state index < -0.39 is 5.41 Å². The molecule has 4 N–H and O–H groups in total. The van der Waals surface area contributed by atoms with Crippen LogP contribution in [0.25, 0.3) is 0 Å². The Morgan fingerprint density at radius 1 is 1.00 bits per heavy atom. The summed E-state index contributed by atoms with van der Waals surface area (Å²) >= 11 is 0.